The number of carbonyl (C=O) groups is 1. The fraction of sp³-hybridized carbons (Fsp3) is 0.571. The van der Waals surface area contributed by atoms with Crippen LogP contribution in [-0.2, 0) is 6.54 Å². The summed E-state index contributed by atoms with van der Waals surface area (Å²) in [7, 11) is 0. The van der Waals surface area contributed by atoms with Gasteiger partial charge in [-0.05, 0) is 43.5 Å². The summed E-state index contributed by atoms with van der Waals surface area (Å²) in [6, 6.07) is 5.15. The number of aryl methyl sites for hydroxylation is 1. The van der Waals surface area contributed by atoms with Crippen LogP contribution in [0.2, 0.25) is 0 Å². The van der Waals surface area contributed by atoms with Crippen LogP contribution < -0.4 is 11.1 Å². The van der Waals surface area contributed by atoms with Crippen molar-refractivity contribution in [1.29, 1.82) is 0 Å². The molecule has 1 aromatic carbocycles. The average molecular weight is 386 g/mol. The molecule has 1 saturated heterocycles. The van der Waals surface area contributed by atoms with Crippen molar-refractivity contribution >= 4 is 16.9 Å². The Morgan fingerprint density at radius 3 is 2.39 bits per heavy atom. The van der Waals surface area contributed by atoms with Crippen LogP contribution in [0.5, 0.6) is 0 Å². The lowest BCUT2D eigenvalue weighted by Gasteiger charge is -2.36. The van der Waals surface area contributed by atoms with Gasteiger partial charge in [-0.2, -0.15) is 0 Å². The van der Waals surface area contributed by atoms with Crippen LogP contribution in [-0.4, -0.2) is 58.0 Å². The molecule has 1 N–H and O–H groups in total. The van der Waals surface area contributed by atoms with Crippen molar-refractivity contribution in [3.8, 4) is 0 Å². The highest BCUT2D eigenvalue weighted by Gasteiger charge is 2.23. The van der Waals surface area contributed by atoms with Gasteiger partial charge in [0.25, 0.3) is 5.91 Å². The molecule has 1 fully saturated rings. The second kappa shape index (κ2) is 7.91. The van der Waals surface area contributed by atoms with Gasteiger partial charge in [-0.1, -0.05) is 20.8 Å². The van der Waals surface area contributed by atoms with E-state index in [9.17, 15) is 14.4 Å². The van der Waals surface area contributed by atoms with Crippen molar-refractivity contribution in [3.05, 3.63) is 44.5 Å². The maximum Gasteiger partial charge on any atom is 0.316 e. The maximum atomic E-state index is 12.9. The average Bonchev–Trinajstić information content (AvgIpc) is 2.66. The summed E-state index contributed by atoms with van der Waals surface area (Å²) in [5, 5.41) is 0. The Labute approximate surface area is 165 Å². The molecule has 1 aliphatic rings. The van der Waals surface area contributed by atoms with Gasteiger partial charge in [0.2, 0.25) is 0 Å². The van der Waals surface area contributed by atoms with E-state index in [1.165, 1.54) is 4.57 Å². The van der Waals surface area contributed by atoms with Gasteiger partial charge in [0.05, 0.1) is 11.0 Å². The van der Waals surface area contributed by atoms with E-state index in [-0.39, 0.29) is 5.91 Å². The van der Waals surface area contributed by atoms with Crippen molar-refractivity contribution in [1.82, 2.24) is 19.4 Å². The monoisotopic (exact) mass is 386 g/mol. The predicted molar refractivity (Wildman–Crippen MR) is 111 cm³/mol. The minimum absolute atomic E-state index is 0.0348. The van der Waals surface area contributed by atoms with Crippen LogP contribution in [0.1, 0.15) is 44.5 Å². The molecule has 7 heteroatoms. The number of benzene rings is 1. The number of piperazine rings is 1. The van der Waals surface area contributed by atoms with E-state index in [1.807, 2.05) is 11.8 Å². The molecule has 0 bridgehead atoms. The lowest BCUT2D eigenvalue weighted by Crippen LogP contribution is -2.49. The fourth-order valence-electron chi connectivity index (χ4n) is 3.58. The smallest absolute Gasteiger partial charge is 0.316 e. The summed E-state index contributed by atoms with van der Waals surface area (Å²) in [4.78, 5) is 43.6. The number of hydrogen-bond donors (Lipinski definition) is 1. The minimum Gasteiger partial charge on any atom is -0.336 e. The number of amides is 1. The van der Waals surface area contributed by atoms with Crippen molar-refractivity contribution in [2.75, 3.05) is 32.7 Å². The zero-order valence-electron chi connectivity index (χ0n) is 17.2. The first-order chi connectivity index (χ1) is 13.2. The molecule has 2 aromatic rings. The largest absolute Gasteiger partial charge is 0.336 e. The number of aromatic amines is 1. The Kier molecular flexibility index (Phi) is 5.74. The van der Waals surface area contributed by atoms with Gasteiger partial charge in [-0.15, -0.1) is 0 Å². The number of carbonyl (C=O) groups excluding carboxylic acids is 1. The number of rotatable bonds is 4. The van der Waals surface area contributed by atoms with E-state index in [1.54, 1.807) is 18.2 Å². The molecular formula is C21H30N4O3. The van der Waals surface area contributed by atoms with Crippen LogP contribution in [0.4, 0.5) is 0 Å². The third kappa shape index (κ3) is 4.35. The zero-order valence-corrected chi connectivity index (χ0v) is 17.2. The molecule has 1 aliphatic heterocycles. The lowest BCUT2D eigenvalue weighted by molar-refractivity contribution is 0.0623. The van der Waals surface area contributed by atoms with Gasteiger partial charge in [-0.3, -0.25) is 19.3 Å². The van der Waals surface area contributed by atoms with Crippen molar-refractivity contribution in [3.63, 3.8) is 0 Å². The van der Waals surface area contributed by atoms with Gasteiger partial charge in [0.1, 0.15) is 0 Å². The van der Waals surface area contributed by atoms with E-state index in [0.717, 1.165) is 26.1 Å². The Balaban J connectivity index is 1.73. The van der Waals surface area contributed by atoms with E-state index in [4.69, 9.17) is 0 Å². The third-order valence-electron chi connectivity index (χ3n) is 5.38. The minimum atomic E-state index is -0.661. The second-order valence-corrected chi connectivity index (χ2v) is 8.68. The van der Waals surface area contributed by atoms with Crippen molar-refractivity contribution < 1.29 is 4.79 Å². The normalized spacial score (nSPS) is 15.9. The molecule has 1 amide bonds. The molecular weight excluding hydrogens is 356 g/mol. The van der Waals surface area contributed by atoms with Crippen LogP contribution in [0.3, 0.4) is 0 Å². The molecule has 0 saturated carbocycles. The van der Waals surface area contributed by atoms with Crippen molar-refractivity contribution in [2.24, 2.45) is 5.41 Å². The van der Waals surface area contributed by atoms with E-state index < -0.39 is 11.1 Å². The molecule has 0 radical (unpaired) electrons. The Morgan fingerprint density at radius 2 is 1.79 bits per heavy atom. The van der Waals surface area contributed by atoms with Crippen LogP contribution in [0, 0.1) is 5.41 Å². The highest BCUT2D eigenvalue weighted by atomic mass is 16.2. The summed E-state index contributed by atoms with van der Waals surface area (Å²) in [6.45, 7) is 13.2. The molecule has 0 unspecified atom stereocenters. The molecule has 0 atom stereocenters. The molecule has 28 heavy (non-hydrogen) atoms. The summed E-state index contributed by atoms with van der Waals surface area (Å²) in [6.07, 6.45) is 1.14. The molecule has 2 heterocycles. The highest BCUT2D eigenvalue weighted by Crippen LogP contribution is 2.20. The molecule has 0 aliphatic carbocycles. The van der Waals surface area contributed by atoms with E-state index in [0.29, 0.717) is 41.6 Å². The zero-order chi connectivity index (χ0) is 20.5. The standard InChI is InChI=1S/C21H30N4O3/c1-5-25-17-7-6-15(14-16(17)22-18(26)20(25)28)19(27)24-12-10-23(11-13-24)9-8-21(2,3)4/h6-7,14H,5,8-13H2,1-4H3,(H,22,26). The first kappa shape index (κ1) is 20.3. The van der Waals surface area contributed by atoms with Gasteiger partial charge in [0, 0.05) is 38.3 Å². The van der Waals surface area contributed by atoms with Crippen LogP contribution >= 0.6 is 0 Å². The summed E-state index contributed by atoms with van der Waals surface area (Å²) >= 11 is 0. The van der Waals surface area contributed by atoms with Gasteiger partial charge in [0.15, 0.2) is 0 Å². The molecule has 1 aromatic heterocycles. The van der Waals surface area contributed by atoms with E-state index in [2.05, 4.69) is 30.7 Å². The maximum absolute atomic E-state index is 12.9. The summed E-state index contributed by atoms with van der Waals surface area (Å²) in [5.74, 6) is -0.0348. The highest BCUT2D eigenvalue weighted by molar-refractivity contribution is 5.97. The number of fused-ring (bicyclic) bond motifs is 1. The van der Waals surface area contributed by atoms with Crippen LogP contribution in [0.25, 0.3) is 11.0 Å². The Bertz CT molecular complexity index is 976. The topological polar surface area (TPSA) is 78.4 Å². The van der Waals surface area contributed by atoms with Crippen molar-refractivity contribution in [2.45, 2.75) is 40.7 Å². The molecule has 7 nitrogen and oxygen atoms in total. The first-order valence-corrected chi connectivity index (χ1v) is 9.98. The summed E-state index contributed by atoms with van der Waals surface area (Å²) < 4.78 is 1.43. The third-order valence-corrected chi connectivity index (χ3v) is 5.38. The predicted octanol–water partition coefficient (Wildman–Crippen LogP) is 1.90. The van der Waals surface area contributed by atoms with Gasteiger partial charge < -0.3 is 14.5 Å². The van der Waals surface area contributed by atoms with Gasteiger partial charge >= 0.3 is 11.1 Å². The lowest BCUT2D eigenvalue weighted by atomic mass is 9.92. The summed E-state index contributed by atoms with van der Waals surface area (Å²) in [5.41, 5.74) is 0.769. The van der Waals surface area contributed by atoms with Crippen LogP contribution in [0.15, 0.2) is 27.8 Å². The second-order valence-electron chi connectivity index (χ2n) is 8.68. The Hall–Kier alpha value is -2.41. The SMILES string of the molecule is CCn1c(=O)c(=O)[nH]c2cc(C(=O)N3CCN(CCC(C)(C)C)CC3)ccc21. The first-order valence-electron chi connectivity index (χ1n) is 9.98. The number of H-pyrrole nitrogens is 1. The number of nitrogens with one attached hydrogen (secondary N) is 1. The number of aromatic nitrogens is 2. The Morgan fingerprint density at radius 1 is 1.11 bits per heavy atom. The molecule has 3 rings (SSSR count). The van der Waals surface area contributed by atoms with Gasteiger partial charge in [-0.25, -0.2) is 0 Å². The number of nitrogens with zero attached hydrogens (tertiary/aromatic N) is 3. The molecule has 152 valence electrons. The fourth-order valence-corrected chi connectivity index (χ4v) is 3.58. The van der Waals surface area contributed by atoms with E-state index >= 15 is 0 Å². The quantitative estimate of drug-likeness (QED) is 0.814. The molecule has 0 spiro atoms. The number of hydrogen-bond acceptors (Lipinski definition) is 4.